The number of nitro benzene ring substituents is 1. The van der Waals surface area contributed by atoms with Gasteiger partial charge >= 0.3 is 11.9 Å². The van der Waals surface area contributed by atoms with Crippen LogP contribution in [0.3, 0.4) is 0 Å². The number of methoxy groups -OCH3 is 1. The molecule has 25 heavy (non-hydrogen) atoms. The van der Waals surface area contributed by atoms with Crippen LogP contribution in [0.5, 0.6) is 0 Å². The van der Waals surface area contributed by atoms with Crippen LogP contribution in [-0.4, -0.2) is 34.8 Å². The lowest BCUT2D eigenvalue weighted by molar-refractivity contribution is -0.384. The van der Waals surface area contributed by atoms with Gasteiger partial charge in [-0.2, -0.15) is 0 Å². The van der Waals surface area contributed by atoms with Crippen LogP contribution in [0, 0.1) is 16.0 Å². The number of ether oxygens (including phenoxy) is 1. The lowest BCUT2D eigenvalue weighted by Gasteiger charge is -2.31. The molecule has 0 spiro atoms. The van der Waals surface area contributed by atoms with Crippen molar-refractivity contribution < 1.29 is 24.4 Å². The molecule has 0 aromatic heterocycles. The van der Waals surface area contributed by atoms with E-state index >= 15 is 0 Å². The van der Waals surface area contributed by atoms with Crippen molar-refractivity contribution in [3.8, 4) is 0 Å². The van der Waals surface area contributed by atoms with Gasteiger partial charge in [0.05, 0.1) is 23.3 Å². The normalized spacial score (nSPS) is 20.0. The molecule has 2 unspecified atom stereocenters. The molecule has 1 heterocycles. The van der Waals surface area contributed by atoms with Gasteiger partial charge in [0.15, 0.2) is 0 Å². The number of aliphatic imine (C=N–C) groups is 1. The third-order valence-corrected chi connectivity index (χ3v) is 4.18. The Bertz CT molecular complexity index is 796. The number of allylic oxidation sites excluding steroid dienone is 1. The molecule has 2 atom stereocenters. The van der Waals surface area contributed by atoms with Crippen LogP contribution in [0.25, 0.3) is 0 Å². The van der Waals surface area contributed by atoms with Gasteiger partial charge in [0.25, 0.3) is 5.69 Å². The number of aliphatic carboxylic acids is 1. The molecule has 0 saturated carbocycles. The van der Waals surface area contributed by atoms with E-state index in [1.165, 1.54) is 25.3 Å². The standard InChI is InChI=1S/C17H18N2O6/c1-4-12-15(16(20)21)14(13(9(2)18-12)17(22)25-3)10-6-5-7-11(8-10)19(23)24/h5-8,13-14H,4H2,1-3H3,(H,20,21). The molecular formula is C17H18N2O6. The fourth-order valence-electron chi connectivity index (χ4n) is 3.08. The maximum atomic E-state index is 12.3. The third-order valence-electron chi connectivity index (χ3n) is 4.18. The first kappa shape index (κ1) is 18.3. The summed E-state index contributed by atoms with van der Waals surface area (Å²) >= 11 is 0. The SMILES string of the molecule is CCC1=C(C(=O)O)C(c2cccc([N+](=O)[O-])c2)C(C(=O)OC)C(C)=N1. The van der Waals surface area contributed by atoms with Crippen LogP contribution in [-0.2, 0) is 14.3 Å². The second kappa shape index (κ2) is 7.25. The summed E-state index contributed by atoms with van der Waals surface area (Å²) in [5, 5.41) is 20.8. The minimum Gasteiger partial charge on any atom is -0.478 e. The molecular weight excluding hydrogens is 328 g/mol. The maximum Gasteiger partial charge on any atom is 0.334 e. The van der Waals surface area contributed by atoms with Gasteiger partial charge in [0, 0.05) is 23.8 Å². The van der Waals surface area contributed by atoms with Crippen molar-refractivity contribution in [2.24, 2.45) is 10.9 Å². The lowest BCUT2D eigenvalue weighted by Crippen LogP contribution is -2.36. The Balaban J connectivity index is 2.73. The molecule has 0 radical (unpaired) electrons. The number of carbonyl (C=O) groups is 2. The van der Waals surface area contributed by atoms with E-state index in [0.29, 0.717) is 23.4 Å². The summed E-state index contributed by atoms with van der Waals surface area (Å²) in [4.78, 5) is 38.9. The largest absolute Gasteiger partial charge is 0.478 e. The monoisotopic (exact) mass is 346 g/mol. The number of carbonyl (C=O) groups excluding carboxylic acids is 1. The maximum absolute atomic E-state index is 12.3. The van der Waals surface area contributed by atoms with Crippen molar-refractivity contribution >= 4 is 23.3 Å². The Labute approximate surface area is 144 Å². The Morgan fingerprint density at radius 3 is 2.60 bits per heavy atom. The fourth-order valence-corrected chi connectivity index (χ4v) is 3.08. The number of carboxylic acid groups (broad SMARTS) is 1. The lowest BCUT2D eigenvalue weighted by atomic mass is 9.75. The summed E-state index contributed by atoms with van der Waals surface area (Å²) < 4.78 is 4.82. The van der Waals surface area contributed by atoms with Crippen molar-refractivity contribution in [3.63, 3.8) is 0 Å². The molecule has 0 amide bonds. The Morgan fingerprint density at radius 2 is 2.08 bits per heavy atom. The van der Waals surface area contributed by atoms with Gasteiger partial charge in [0.1, 0.15) is 5.92 Å². The predicted octanol–water partition coefficient (Wildman–Crippen LogP) is 2.69. The van der Waals surface area contributed by atoms with Crippen molar-refractivity contribution in [1.82, 2.24) is 0 Å². The van der Waals surface area contributed by atoms with E-state index in [0.717, 1.165) is 0 Å². The van der Waals surface area contributed by atoms with Gasteiger partial charge in [0.2, 0.25) is 0 Å². The molecule has 1 aromatic rings. The Hall–Kier alpha value is -3.03. The number of non-ortho nitro benzene ring substituents is 1. The second-order valence-corrected chi connectivity index (χ2v) is 5.60. The molecule has 0 aliphatic carbocycles. The first-order chi connectivity index (χ1) is 11.8. The van der Waals surface area contributed by atoms with Crippen LogP contribution >= 0.6 is 0 Å². The van der Waals surface area contributed by atoms with Gasteiger partial charge in [-0.1, -0.05) is 19.1 Å². The number of esters is 1. The van der Waals surface area contributed by atoms with E-state index in [4.69, 9.17) is 4.74 Å². The predicted molar refractivity (Wildman–Crippen MR) is 89.4 cm³/mol. The molecule has 132 valence electrons. The minimum absolute atomic E-state index is 0.0380. The van der Waals surface area contributed by atoms with Crippen LogP contribution in [0.4, 0.5) is 5.69 Å². The molecule has 8 heteroatoms. The van der Waals surface area contributed by atoms with Gasteiger partial charge in [-0.25, -0.2) is 4.79 Å². The average Bonchev–Trinajstić information content (AvgIpc) is 2.59. The first-order valence-corrected chi connectivity index (χ1v) is 7.65. The molecule has 0 fully saturated rings. The Kier molecular flexibility index (Phi) is 5.31. The van der Waals surface area contributed by atoms with Crippen molar-refractivity contribution in [2.75, 3.05) is 7.11 Å². The summed E-state index contributed by atoms with van der Waals surface area (Å²) in [5.41, 5.74) is 0.919. The van der Waals surface area contributed by atoms with Crippen LogP contribution in [0.15, 0.2) is 40.5 Å². The van der Waals surface area contributed by atoms with Crippen molar-refractivity contribution in [1.29, 1.82) is 0 Å². The van der Waals surface area contributed by atoms with Crippen LogP contribution in [0.2, 0.25) is 0 Å². The van der Waals surface area contributed by atoms with Gasteiger partial charge in [-0.3, -0.25) is 19.9 Å². The Morgan fingerprint density at radius 1 is 1.40 bits per heavy atom. The smallest absolute Gasteiger partial charge is 0.334 e. The first-order valence-electron chi connectivity index (χ1n) is 7.65. The molecule has 1 N–H and O–H groups in total. The van der Waals surface area contributed by atoms with Crippen LogP contribution in [0.1, 0.15) is 31.7 Å². The summed E-state index contributed by atoms with van der Waals surface area (Å²) in [5.74, 6) is -3.70. The van der Waals surface area contributed by atoms with Gasteiger partial charge in [-0.05, 0) is 18.9 Å². The third kappa shape index (κ3) is 3.42. The molecule has 1 aliphatic heterocycles. The molecule has 8 nitrogen and oxygen atoms in total. The van der Waals surface area contributed by atoms with Crippen LogP contribution < -0.4 is 0 Å². The van der Waals surface area contributed by atoms with E-state index in [1.807, 2.05) is 0 Å². The molecule has 2 rings (SSSR count). The second-order valence-electron chi connectivity index (χ2n) is 5.60. The topological polar surface area (TPSA) is 119 Å². The molecule has 0 bridgehead atoms. The summed E-state index contributed by atoms with van der Waals surface area (Å²) in [6.45, 7) is 3.39. The van der Waals surface area contributed by atoms with Crippen molar-refractivity contribution in [3.05, 3.63) is 51.2 Å². The minimum atomic E-state index is -1.21. The highest BCUT2D eigenvalue weighted by atomic mass is 16.6. The quantitative estimate of drug-likeness (QED) is 0.497. The zero-order valence-electron chi connectivity index (χ0n) is 14.1. The van der Waals surface area contributed by atoms with E-state index in [-0.39, 0.29) is 11.3 Å². The van der Waals surface area contributed by atoms with E-state index in [2.05, 4.69) is 4.99 Å². The number of benzene rings is 1. The highest BCUT2D eigenvalue weighted by Gasteiger charge is 2.42. The molecule has 1 aliphatic rings. The summed E-state index contributed by atoms with van der Waals surface area (Å²) in [6.07, 6.45) is 0.359. The number of hydrogen-bond acceptors (Lipinski definition) is 6. The van der Waals surface area contributed by atoms with E-state index < -0.39 is 28.7 Å². The van der Waals surface area contributed by atoms with E-state index in [1.54, 1.807) is 19.9 Å². The molecule has 0 saturated heterocycles. The number of carboxylic acids is 1. The highest BCUT2D eigenvalue weighted by molar-refractivity contribution is 6.06. The fraction of sp³-hybridized carbons (Fsp3) is 0.353. The van der Waals surface area contributed by atoms with Gasteiger partial charge < -0.3 is 9.84 Å². The zero-order valence-corrected chi connectivity index (χ0v) is 14.1. The van der Waals surface area contributed by atoms with Gasteiger partial charge in [-0.15, -0.1) is 0 Å². The number of hydrogen-bond donors (Lipinski definition) is 1. The summed E-state index contributed by atoms with van der Waals surface area (Å²) in [6, 6.07) is 5.64. The number of rotatable bonds is 5. The number of nitrogens with zero attached hydrogens (tertiary/aromatic N) is 2. The summed E-state index contributed by atoms with van der Waals surface area (Å²) in [7, 11) is 1.21. The van der Waals surface area contributed by atoms with E-state index in [9.17, 15) is 24.8 Å². The van der Waals surface area contributed by atoms with Crippen molar-refractivity contribution in [2.45, 2.75) is 26.2 Å². The highest BCUT2D eigenvalue weighted by Crippen LogP contribution is 2.41. The molecule has 1 aromatic carbocycles. The number of nitro groups is 1. The average molecular weight is 346 g/mol. The zero-order chi connectivity index (χ0) is 18.7.